The van der Waals surface area contributed by atoms with E-state index in [1.165, 1.54) is 19.3 Å². The summed E-state index contributed by atoms with van der Waals surface area (Å²) >= 11 is 3.43. The first-order chi connectivity index (χ1) is 6.69. The van der Waals surface area contributed by atoms with E-state index in [2.05, 4.69) is 22.9 Å². The van der Waals surface area contributed by atoms with Gasteiger partial charge in [0, 0.05) is 13.1 Å². The third-order valence-corrected chi connectivity index (χ3v) is 4.07. The molecule has 2 nitrogen and oxygen atoms in total. The molecular formula is C11H20BrNO. The largest absolute Gasteiger partial charge is 0.341 e. The molecule has 1 saturated heterocycles. The molecule has 0 aromatic rings. The van der Waals surface area contributed by atoms with Gasteiger partial charge < -0.3 is 4.90 Å². The van der Waals surface area contributed by atoms with Crippen LogP contribution in [-0.4, -0.2) is 28.7 Å². The van der Waals surface area contributed by atoms with E-state index in [0.29, 0.717) is 0 Å². The molecule has 2 unspecified atom stereocenters. The summed E-state index contributed by atoms with van der Waals surface area (Å²) < 4.78 is 0. The van der Waals surface area contributed by atoms with E-state index in [4.69, 9.17) is 0 Å². The third kappa shape index (κ3) is 2.97. The summed E-state index contributed by atoms with van der Waals surface area (Å²) in [5.74, 6) is 1.01. The first kappa shape index (κ1) is 12.0. The molecule has 0 radical (unpaired) electrons. The van der Waals surface area contributed by atoms with Crippen molar-refractivity contribution in [2.75, 3.05) is 13.1 Å². The Morgan fingerprint density at radius 1 is 1.57 bits per heavy atom. The van der Waals surface area contributed by atoms with Gasteiger partial charge in [-0.2, -0.15) is 0 Å². The second-order valence-electron chi connectivity index (χ2n) is 4.08. The average molecular weight is 262 g/mol. The van der Waals surface area contributed by atoms with Crippen LogP contribution in [0.15, 0.2) is 0 Å². The van der Waals surface area contributed by atoms with Crippen LogP contribution < -0.4 is 0 Å². The molecule has 0 spiro atoms. The Bertz CT molecular complexity index is 196. The van der Waals surface area contributed by atoms with Gasteiger partial charge in [0.05, 0.1) is 4.83 Å². The summed E-state index contributed by atoms with van der Waals surface area (Å²) in [6.45, 7) is 6.18. The zero-order valence-electron chi connectivity index (χ0n) is 9.13. The number of rotatable bonds is 3. The monoisotopic (exact) mass is 261 g/mol. The van der Waals surface area contributed by atoms with Gasteiger partial charge in [0.25, 0.3) is 0 Å². The number of hydrogen-bond donors (Lipinski definition) is 0. The number of alkyl halides is 1. The summed E-state index contributed by atoms with van der Waals surface area (Å²) in [7, 11) is 0. The molecule has 0 N–H and O–H groups in total. The smallest absolute Gasteiger partial charge is 0.236 e. The van der Waals surface area contributed by atoms with Gasteiger partial charge in [-0.25, -0.2) is 0 Å². The number of carbonyl (C=O) groups excluding carboxylic acids is 1. The maximum Gasteiger partial charge on any atom is 0.236 e. The van der Waals surface area contributed by atoms with Crippen LogP contribution in [0.25, 0.3) is 0 Å². The van der Waals surface area contributed by atoms with Crippen LogP contribution in [0, 0.1) is 5.92 Å². The van der Waals surface area contributed by atoms with Crippen LogP contribution in [-0.2, 0) is 4.79 Å². The number of carbonyl (C=O) groups is 1. The fourth-order valence-corrected chi connectivity index (χ4v) is 2.26. The van der Waals surface area contributed by atoms with Gasteiger partial charge >= 0.3 is 0 Å². The van der Waals surface area contributed by atoms with E-state index >= 15 is 0 Å². The molecule has 1 aliphatic heterocycles. The Balaban J connectivity index is 2.47. The minimum atomic E-state index is 0.0260. The Labute approximate surface area is 95.2 Å². The topological polar surface area (TPSA) is 20.3 Å². The van der Waals surface area contributed by atoms with E-state index in [1.807, 2.05) is 11.8 Å². The standard InChI is InChI=1S/C11H20BrNO/c1-3-9-6-5-7-13(8-9)11(14)10(12)4-2/h9-10H,3-8H2,1-2H3. The summed E-state index contributed by atoms with van der Waals surface area (Å²) in [6, 6.07) is 0. The molecule has 2 atom stereocenters. The van der Waals surface area contributed by atoms with E-state index < -0.39 is 0 Å². The van der Waals surface area contributed by atoms with E-state index in [-0.39, 0.29) is 10.7 Å². The van der Waals surface area contributed by atoms with Crippen molar-refractivity contribution >= 4 is 21.8 Å². The zero-order valence-corrected chi connectivity index (χ0v) is 10.7. The number of amides is 1. The molecule has 1 rings (SSSR count). The Hall–Kier alpha value is -0.0500. The lowest BCUT2D eigenvalue weighted by Crippen LogP contribution is -2.43. The lowest BCUT2D eigenvalue weighted by atomic mass is 9.95. The molecule has 1 heterocycles. The third-order valence-electron chi connectivity index (χ3n) is 3.03. The number of halogens is 1. The van der Waals surface area contributed by atoms with Crippen LogP contribution in [0.5, 0.6) is 0 Å². The summed E-state index contributed by atoms with van der Waals surface area (Å²) in [4.78, 5) is 13.9. The predicted octanol–water partition coefficient (Wildman–Crippen LogP) is 2.81. The van der Waals surface area contributed by atoms with Crippen molar-refractivity contribution in [3.63, 3.8) is 0 Å². The van der Waals surface area contributed by atoms with Crippen molar-refractivity contribution in [3.05, 3.63) is 0 Å². The van der Waals surface area contributed by atoms with Crippen LogP contribution >= 0.6 is 15.9 Å². The first-order valence-electron chi connectivity index (χ1n) is 5.61. The fraction of sp³-hybridized carbons (Fsp3) is 0.909. The second-order valence-corrected chi connectivity index (χ2v) is 5.18. The molecular weight excluding hydrogens is 242 g/mol. The van der Waals surface area contributed by atoms with Gasteiger partial charge in [-0.1, -0.05) is 36.2 Å². The predicted molar refractivity (Wildman–Crippen MR) is 62.6 cm³/mol. The molecule has 0 aliphatic carbocycles. The van der Waals surface area contributed by atoms with Gasteiger partial charge in [-0.3, -0.25) is 4.79 Å². The highest BCUT2D eigenvalue weighted by Gasteiger charge is 2.25. The van der Waals surface area contributed by atoms with Crippen molar-refractivity contribution < 1.29 is 4.79 Å². The van der Waals surface area contributed by atoms with E-state index in [9.17, 15) is 4.79 Å². The number of nitrogens with zero attached hydrogens (tertiary/aromatic N) is 1. The fourth-order valence-electron chi connectivity index (χ4n) is 1.97. The van der Waals surface area contributed by atoms with Crippen LogP contribution in [0.3, 0.4) is 0 Å². The van der Waals surface area contributed by atoms with Gasteiger partial charge in [0.2, 0.25) is 5.91 Å². The van der Waals surface area contributed by atoms with Crippen molar-refractivity contribution in [1.29, 1.82) is 0 Å². The summed E-state index contributed by atoms with van der Waals surface area (Å²) in [5, 5.41) is 0. The molecule has 0 aromatic carbocycles. The highest BCUT2D eigenvalue weighted by Crippen LogP contribution is 2.21. The summed E-state index contributed by atoms with van der Waals surface area (Å²) in [6.07, 6.45) is 4.54. The van der Waals surface area contributed by atoms with Crippen molar-refractivity contribution in [2.45, 2.75) is 44.4 Å². The van der Waals surface area contributed by atoms with Crippen LogP contribution in [0.1, 0.15) is 39.5 Å². The van der Waals surface area contributed by atoms with Crippen molar-refractivity contribution in [1.82, 2.24) is 4.90 Å². The molecule has 0 saturated carbocycles. The van der Waals surface area contributed by atoms with Gasteiger partial charge in [0.1, 0.15) is 0 Å². The molecule has 82 valence electrons. The summed E-state index contributed by atoms with van der Waals surface area (Å²) in [5.41, 5.74) is 0. The Morgan fingerprint density at radius 2 is 2.29 bits per heavy atom. The van der Waals surface area contributed by atoms with Gasteiger partial charge in [-0.15, -0.1) is 0 Å². The first-order valence-corrected chi connectivity index (χ1v) is 6.53. The molecule has 14 heavy (non-hydrogen) atoms. The van der Waals surface area contributed by atoms with Gasteiger partial charge in [-0.05, 0) is 25.2 Å². The Kier molecular flexibility index (Phi) is 4.93. The number of likely N-dealkylation sites (tertiary alicyclic amines) is 1. The highest BCUT2D eigenvalue weighted by molar-refractivity contribution is 9.10. The normalized spacial score (nSPS) is 24.8. The van der Waals surface area contributed by atoms with Crippen molar-refractivity contribution in [2.24, 2.45) is 5.92 Å². The average Bonchev–Trinajstić information content (AvgIpc) is 2.27. The SMILES string of the molecule is CCC1CCCN(C(=O)C(Br)CC)C1. The minimum Gasteiger partial charge on any atom is -0.341 e. The molecule has 0 aromatic heterocycles. The number of hydrogen-bond acceptors (Lipinski definition) is 1. The highest BCUT2D eigenvalue weighted by atomic mass is 79.9. The van der Waals surface area contributed by atoms with E-state index in [0.717, 1.165) is 25.4 Å². The molecule has 0 bridgehead atoms. The molecule has 3 heteroatoms. The maximum atomic E-state index is 11.9. The van der Waals surface area contributed by atoms with Crippen LogP contribution in [0.2, 0.25) is 0 Å². The lowest BCUT2D eigenvalue weighted by Gasteiger charge is -2.33. The van der Waals surface area contributed by atoms with Crippen molar-refractivity contribution in [3.8, 4) is 0 Å². The Morgan fingerprint density at radius 3 is 2.86 bits per heavy atom. The zero-order chi connectivity index (χ0) is 10.6. The van der Waals surface area contributed by atoms with E-state index in [1.54, 1.807) is 0 Å². The maximum absolute atomic E-state index is 11.9. The van der Waals surface area contributed by atoms with Crippen LogP contribution in [0.4, 0.5) is 0 Å². The minimum absolute atomic E-state index is 0.0260. The molecule has 1 fully saturated rings. The lowest BCUT2D eigenvalue weighted by molar-refractivity contribution is -0.132. The molecule has 1 amide bonds. The number of piperidine rings is 1. The second kappa shape index (κ2) is 5.74. The quantitative estimate of drug-likeness (QED) is 0.716. The molecule has 1 aliphatic rings. The van der Waals surface area contributed by atoms with Gasteiger partial charge in [0.15, 0.2) is 0 Å².